The molecule has 2 rings (SSSR count). The van der Waals surface area contributed by atoms with Crippen LogP contribution in [-0.2, 0) is 4.74 Å². The monoisotopic (exact) mass is 382 g/mol. The van der Waals surface area contributed by atoms with Crippen molar-refractivity contribution in [1.82, 2.24) is 15.6 Å². The molecule has 0 aliphatic carbocycles. The summed E-state index contributed by atoms with van der Waals surface area (Å²) in [5, 5.41) is 9.47. The maximum atomic E-state index is 11.9. The lowest BCUT2D eigenvalue weighted by molar-refractivity contribution is 0.104. The van der Waals surface area contributed by atoms with E-state index >= 15 is 0 Å². The predicted octanol–water partition coefficient (Wildman–Crippen LogP) is 3.49. The summed E-state index contributed by atoms with van der Waals surface area (Å²) in [6.45, 7) is 1.27. The lowest BCUT2D eigenvalue weighted by Gasteiger charge is -2.17. The molecule has 0 fully saturated rings. The third-order valence-electron chi connectivity index (χ3n) is 3.41. The number of hydrogen-bond acceptors (Lipinski definition) is 4. The van der Waals surface area contributed by atoms with E-state index in [1.54, 1.807) is 13.2 Å². The van der Waals surface area contributed by atoms with Crippen LogP contribution in [0.25, 0.3) is 0 Å². The van der Waals surface area contributed by atoms with Crippen LogP contribution in [0, 0.1) is 0 Å². The molecule has 8 heteroatoms. The largest absolute Gasteiger partial charge is 0.375 e. The molecule has 1 heterocycles. The Bertz CT molecular complexity index is 686. The summed E-state index contributed by atoms with van der Waals surface area (Å²) in [7, 11) is 1.62. The number of benzene rings is 1. The second-order valence-electron chi connectivity index (χ2n) is 5.18. The highest BCUT2D eigenvalue weighted by atomic mass is 35.5. The van der Waals surface area contributed by atoms with E-state index in [-0.39, 0.29) is 12.1 Å². The molecule has 6 nitrogen and oxygen atoms in total. The van der Waals surface area contributed by atoms with Crippen molar-refractivity contribution in [1.29, 1.82) is 0 Å². The number of ether oxygens (including phenoxy) is 1. The Morgan fingerprint density at radius 1 is 1.20 bits per heavy atom. The molecule has 1 aromatic carbocycles. The number of aromatic nitrogens is 1. The second-order valence-corrected chi connectivity index (χ2v) is 6.03. The van der Waals surface area contributed by atoms with Crippen molar-refractivity contribution < 1.29 is 9.53 Å². The normalized spacial score (nSPS) is 11.6. The minimum absolute atomic E-state index is 0.192. The van der Waals surface area contributed by atoms with Gasteiger partial charge in [-0.15, -0.1) is 0 Å². The van der Waals surface area contributed by atoms with E-state index in [0.717, 1.165) is 5.56 Å². The number of amides is 2. The van der Waals surface area contributed by atoms with Gasteiger partial charge in [-0.1, -0.05) is 53.5 Å². The predicted molar refractivity (Wildman–Crippen MR) is 100 cm³/mol. The van der Waals surface area contributed by atoms with Gasteiger partial charge in [-0.05, 0) is 11.6 Å². The zero-order valence-electron chi connectivity index (χ0n) is 13.8. The van der Waals surface area contributed by atoms with Crippen molar-refractivity contribution >= 4 is 35.1 Å². The Morgan fingerprint density at radius 3 is 2.64 bits per heavy atom. The van der Waals surface area contributed by atoms with E-state index in [4.69, 9.17) is 27.9 Å². The number of carbonyl (C=O) groups excluding carboxylic acids is 1. The minimum atomic E-state index is -0.269. The highest BCUT2D eigenvalue weighted by Gasteiger charge is 2.11. The Balaban J connectivity index is 1.68. The summed E-state index contributed by atoms with van der Waals surface area (Å²) in [5.74, 6) is 0.525. The van der Waals surface area contributed by atoms with Crippen molar-refractivity contribution in [2.45, 2.75) is 6.10 Å². The maximum absolute atomic E-state index is 11.9. The number of nitrogens with one attached hydrogen (secondary N) is 3. The van der Waals surface area contributed by atoms with Crippen LogP contribution < -0.4 is 16.0 Å². The Morgan fingerprint density at radius 2 is 1.96 bits per heavy atom. The van der Waals surface area contributed by atoms with Crippen LogP contribution in [0.4, 0.5) is 10.6 Å². The van der Waals surface area contributed by atoms with Gasteiger partial charge in [0.25, 0.3) is 0 Å². The average molecular weight is 383 g/mol. The molecule has 0 spiro atoms. The smallest absolute Gasteiger partial charge is 0.314 e. The van der Waals surface area contributed by atoms with E-state index < -0.39 is 0 Å². The van der Waals surface area contributed by atoms with Gasteiger partial charge in [0, 0.05) is 32.9 Å². The molecule has 1 atom stereocenters. The number of hydrogen-bond donors (Lipinski definition) is 3. The molecule has 0 saturated carbocycles. The van der Waals surface area contributed by atoms with Gasteiger partial charge in [0.2, 0.25) is 0 Å². The van der Waals surface area contributed by atoms with Gasteiger partial charge < -0.3 is 20.7 Å². The van der Waals surface area contributed by atoms with E-state index in [1.165, 1.54) is 6.20 Å². The molecular formula is C17H20Cl2N4O2. The zero-order chi connectivity index (χ0) is 18.1. The topological polar surface area (TPSA) is 75.3 Å². The van der Waals surface area contributed by atoms with Crippen molar-refractivity contribution in [2.75, 3.05) is 32.1 Å². The molecule has 134 valence electrons. The third kappa shape index (κ3) is 6.42. The summed E-state index contributed by atoms with van der Waals surface area (Å²) in [6, 6.07) is 11.1. The van der Waals surface area contributed by atoms with Gasteiger partial charge in [0.1, 0.15) is 5.82 Å². The van der Waals surface area contributed by atoms with Gasteiger partial charge in [0.15, 0.2) is 0 Å². The summed E-state index contributed by atoms with van der Waals surface area (Å²) < 4.78 is 5.40. The number of urea groups is 1. The SMILES string of the molecule is COC(CNC(=O)NCCNc1ncc(Cl)cc1Cl)c1ccccc1. The number of rotatable bonds is 8. The maximum Gasteiger partial charge on any atom is 0.314 e. The molecule has 0 bridgehead atoms. The van der Waals surface area contributed by atoms with E-state index in [2.05, 4.69) is 20.9 Å². The van der Waals surface area contributed by atoms with E-state index in [0.29, 0.717) is 35.5 Å². The number of nitrogens with zero attached hydrogens (tertiary/aromatic N) is 1. The van der Waals surface area contributed by atoms with Gasteiger partial charge in [0.05, 0.1) is 16.1 Å². The van der Waals surface area contributed by atoms with Gasteiger partial charge in [-0.25, -0.2) is 9.78 Å². The Hall–Kier alpha value is -2.02. The summed E-state index contributed by atoms with van der Waals surface area (Å²) in [6.07, 6.45) is 1.31. The Labute approximate surface area is 156 Å². The first-order valence-electron chi connectivity index (χ1n) is 7.74. The molecule has 3 N–H and O–H groups in total. The average Bonchev–Trinajstić information content (AvgIpc) is 2.61. The van der Waals surface area contributed by atoms with Crippen LogP contribution in [-0.4, -0.2) is 37.8 Å². The van der Waals surface area contributed by atoms with Crippen LogP contribution in [0.15, 0.2) is 42.6 Å². The number of methoxy groups -OCH3 is 1. The molecule has 2 aromatic rings. The minimum Gasteiger partial charge on any atom is -0.375 e. The van der Waals surface area contributed by atoms with Crippen molar-refractivity contribution in [2.24, 2.45) is 0 Å². The summed E-state index contributed by atoms with van der Waals surface area (Å²) in [5.41, 5.74) is 1.01. The molecule has 0 aliphatic rings. The number of halogens is 2. The van der Waals surface area contributed by atoms with Crippen LogP contribution in [0.1, 0.15) is 11.7 Å². The molecular weight excluding hydrogens is 363 g/mol. The first kappa shape index (κ1) is 19.3. The standard InChI is InChI=1S/C17H20Cl2N4O2/c1-25-15(12-5-3-2-4-6-12)11-23-17(24)21-8-7-20-16-14(19)9-13(18)10-22-16/h2-6,9-10,15H,7-8,11H2,1H3,(H,20,22)(H2,21,23,24). The van der Waals surface area contributed by atoms with Crippen LogP contribution in [0.3, 0.4) is 0 Å². The first-order chi connectivity index (χ1) is 12.1. The quantitative estimate of drug-likeness (QED) is 0.610. The molecule has 1 unspecified atom stereocenters. The van der Waals surface area contributed by atoms with Gasteiger partial charge in [-0.3, -0.25) is 0 Å². The molecule has 25 heavy (non-hydrogen) atoms. The summed E-state index contributed by atoms with van der Waals surface area (Å²) in [4.78, 5) is 15.9. The van der Waals surface area contributed by atoms with E-state index in [1.807, 2.05) is 30.3 Å². The van der Waals surface area contributed by atoms with Crippen LogP contribution >= 0.6 is 23.2 Å². The number of pyridine rings is 1. The fraction of sp³-hybridized carbons (Fsp3) is 0.294. The lowest BCUT2D eigenvalue weighted by atomic mass is 10.1. The van der Waals surface area contributed by atoms with Crippen molar-refractivity contribution in [3.63, 3.8) is 0 Å². The highest BCUT2D eigenvalue weighted by Crippen LogP contribution is 2.22. The van der Waals surface area contributed by atoms with Crippen molar-refractivity contribution in [3.8, 4) is 0 Å². The number of carbonyl (C=O) groups is 1. The molecule has 0 saturated heterocycles. The van der Waals surface area contributed by atoms with Crippen molar-refractivity contribution in [3.05, 3.63) is 58.2 Å². The fourth-order valence-corrected chi connectivity index (χ4v) is 2.60. The molecule has 0 aliphatic heterocycles. The molecule has 0 radical (unpaired) electrons. The zero-order valence-corrected chi connectivity index (χ0v) is 15.3. The first-order valence-corrected chi connectivity index (χ1v) is 8.50. The molecule has 1 aromatic heterocycles. The highest BCUT2D eigenvalue weighted by molar-refractivity contribution is 6.35. The van der Waals surface area contributed by atoms with Crippen LogP contribution in [0.2, 0.25) is 10.0 Å². The lowest BCUT2D eigenvalue weighted by Crippen LogP contribution is -2.40. The van der Waals surface area contributed by atoms with Gasteiger partial charge in [-0.2, -0.15) is 0 Å². The van der Waals surface area contributed by atoms with E-state index in [9.17, 15) is 4.79 Å². The van der Waals surface area contributed by atoms with Crippen LogP contribution in [0.5, 0.6) is 0 Å². The second kappa shape index (κ2) is 10.1. The Kier molecular flexibility index (Phi) is 7.78. The fourth-order valence-electron chi connectivity index (χ4n) is 2.15. The summed E-state index contributed by atoms with van der Waals surface area (Å²) >= 11 is 11.8. The third-order valence-corrected chi connectivity index (χ3v) is 3.91. The van der Waals surface area contributed by atoms with Gasteiger partial charge >= 0.3 is 6.03 Å². The number of anilines is 1. The molecule has 2 amide bonds.